The van der Waals surface area contributed by atoms with Gasteiger partial charge < -0.3 is 4.42 Å². The van der Waals surface area contributed by atoms with Gasteiger partial charge in [-0.05, 0) is 43.0 Å². The number of benzene rings is 3. The molecule has 0 N–H and O–H groups in total. The lowest BCUT2D eigenvalue weighted by Crippen LogP contribution is -1.93. The van der Waals surface area contributed by atoms with Crippen molar-refractivity contribution in [3.8, 4) is 16.8 Å². The lowest BCUT2D eigenvalue weighted by atomic mass is 10.1. The fraction of sp³-hybridized carbons (Fsp3) is 0.0385. The van der Waals surface area contributed by atoms with Crippen LogP contribution in [0.5, 0.6) is 0 Å². The van der Waals surface area contributed by atoms with Gasteiger partial charge in [-0.3, -0.25) is 4.57 Å². The van der Waals surface area contributed by atoms with Crippen molar-refractivity contribution in [3.63, 3.8) is 0 Å². The number of aliphatic imine (C=N–C) groups is 1. The van der Waals surface area contributed by atoms with Crippen molar-refractivity contribution in [2.24, 2.45) is 4.99 Å². The Morgan fingerprint density at radius 2 is 1.66 bits per heavy atom. The Bertz CT molecular complexity index is 1370. The minimum Gasteiger partial charge on any atom is -0.439 e. The molecule has 0 spiro atoms. The molecule has 0 radical (unpaired) electrons. The van der Waals surface area contributed by atoms with Gasteiger partial charge in [-0.15, -0.1) is 0 Å². The molecule has 140 valence electrons. The van der Waals surface area contributed by atoms with E-state index in [1.54, 1.807) is 0 Å². The number of nitrogens with zero attached hydrogens (tertiary/aromatic N) is 2. The summed E-state index contributed by atoms with van der Waals surface area (Å²) in [5.41, 5.74) is 5.98. The van der Waals surface area contributed by atoms with Crippen molar-refractivity contribution in [3.05, 3.63) is 90.5 Å². The van der Waals surface area contributed by atoms with Gasteiger partial charge in [0.05, 0.1) is 11.1 Å². The molecule has 0 aliphatic heterocycles. The van der Waals surface area contributed by atoms with Gasteiger partial charge in [0, 0.05) is 10.9 Å². The Kier molecular flexibility index (Phi) is 4.14. The first-order valence-corrected chi connectivity index (χ1v) is 9.63. The van der Waals surface area contributed by atoms with Crippen LogP contribution in [0.1, 0.15) is 12.5 Å². The van der Waals surface area contributed by atoms with Crippen LogP contribution in [0.2, 0.25) is 0 Å². The summed E-state index contributed by atoms with van der Waals surface area (Å²) in [7, 11) is 0. The molecule has 0 bridgehead atoms. The molecule has 29 heavy (non-hydrogen) atoms. The van der Waals surface area contributed by atoms with Crippen LogP contribution in [-0.2, 0) is 0 Å². The van der Waals surface area contributed by atoms with Crippen molar-refractivity contribution < 1.29 is 4.42 Å². The zero-order valence-corrected chi connectivity index (χ0v) is 16.2. The van der Waals surface area contributed by atoms with Crippen LogP contribution in [0, 0.1) is 0 Å². The molecule has 0 atom stereocenters. The Morgan fingerprint density at radius 3 is 2.45 bits per heavy atom. The van der Waals surface area contributed by atoms with Crippen LogP contribution in [-0.4, -0.2) is 11.3 Å². The molecule has 2 heterocycles. The topological polar surface area (TPSA) is 30.4 Å². The number of hydrogen-bond donors (Lipinski definition) is 0. The number of rotatable bonds is 4. The number of allylic oxidation sites excluding steroid dienone is 1. The van der Waals surface area contributed by atoms with Crippen molar-refractivity contribution in [2.75, 3.05) is 0 Å². The third-order valence-corrected chi connectivity index (χ3v) is 5.20. The predicted octanol–water partition coefficient (Wildman–Crippen LogP) is 7.41. The second-order valence-electron chi connectivity index (χ2n) is 6.93. The van der Waals surface area contributed by atoms with Crippen LogP contribution < -0.4 is 0 Å². The van der Waals surface area contributed by atoms with E-state index in [1.807, 2.05) is 37.3 Å². The van der Waals surface area contributed by atoms with Gasteiger partial charge in [0.1, 0.15) is 11.4 Å². The summed E-state index contributed by atoms with van der Waals surface area (Å²) >= 11 is 0. The van der Waals surface area contributed by atoms with Crippen molar-refractivity contribution >= 4 is 40.7 Å². The highest BCUT2D eigenvalue weighted by Crippen LogP contribution is 2.42. The zero-order valence-electron chi connectivity index (χ0n) is 16.2. The molecule has 0 unspecified atom stereocenters. The van der Waals surface area contributed by atoms with Gasteiger partial charge in [0.15, 0.2) is 0 Å². The number of aromatic nitrogens is 1. The molecule has 2 aromatic heterocycles. The van der Waals surface area contributed by atoms with Gasteiger partial charge >= 0.3 is 0 Å². The Balaban J connectivity index is 1.85. The number of furan rings is 1. The minimum absolute atomic E-state index is 0.784. The second-order valence-corrected chi connectivity index (χ2v) is 6.93. The number of hydrogen-bond acceptors (Lipinski definition) is 2. The molecule has 0 fully saturated rings. The van der Waals surface area contributed by atoms with Gasteiger partial charge in [0.2, 0.25) is 5.71 Å². The maximum atomic E-state index is 6.29. The average Bonchev–Trinajstić information content (AvgIpc) is 3.29. The van der Waals surface area contributed by atoms with E-state index in [4.69, 9.17) is 4.42 Å². The Hall–Kier alpha value is -3.85. The van der Waals surface area contributed by atoms with Gasteiger partial charge in [0.25, 0.3) is 0 Å². The second kappa shape index (κ2) is 6.95. The van der Waals surface area contributed by atoms with E-state index >= 15 is 0 Å². The molecule has 5 aromatic rings. The molecular formula is C26H20N2O. The molecule has 0 aliphatic carbocycles. The quantitative estimate of drug-likeness (QED) is 0.300. The smallest absolute Gasteiger partial charge is 0.215 e. The van der Waals surface area contributed by atoms with Crippen molar-refractivity contribution in [2.45, 2.75) is 6.92 Å². The van der Waals surface area contributed by atoms with Gasteiger partial charge in [-0.2, -0.15) is 0 Å². The van der Waals surface area contributed by atoms with E-state index in [-0.39, 0.29) is 0 Å². The summed E-state index contributed by atoms with van der Waals surface area (Å²) in [6, 6.07) is 26.9. The standard InChI is InChI=1S/C26H20N2O/c1-3-10-22-24-21-15-7-8-16-23(21)29-26(24)28(25(22)27-2)20-14-9-13-19(17-20)18-11-5-4-6-12-18/h3-17H,2H2,1H3/b10-3-. The lowest BCUT2D eigenvalue weighted by Gasteiger charge is -2.09. The highest BCUT2D eigenvalue weighted by Gasteiger charge is 2.22. The molecule has 0 aliphatic rings. The Labute approximate surface area is 169 Å². The van der Waals surface area contributed by atoms with Crippen LogP contribution in [0.4, 0.5) is 5.82 Å². The van der Waals surface area contributed by atoms with Crippen molar-refractivity contribution in [1.82, 2.24) is 4.57 Å². The molecule has 0 saturated heterocycles. The molecule has 3 nitrogen and oxygen atoms in total. The third kappa shape index (κ3) is 2.71. The number of para-hydroxylation sites is 1. The molecule has 0 amide bonds. The molecule has 3 aromatic carbocycles. The number of fused-ring (bicyclic) bond motifs is 3. The first kappa shape index (κ1) is 17.3. The van der Waals surface area contributed by atoms with Crippen molar-refractivity contribution in [1.29, 1.82) is 0 Å². The SMILES string of the molecule is C=Nc1c(/C=C\C)c2c3ccccc3oc2n1-c1cccc(-c2ccccc2)c1. The van der Waals surface area contributed by atoms with E-state index < -0.39 is 0 Å². The lowest BCUT2D eigenvalue weighted by molar-refractivity contribution is 0.643. The van der Waals surface area contributed by atoms with Crippen LogP contribution >= 0.6 is 0 Å². The Morgan fingerprint density at radius 1 is 0.897 bits per heavy atom. The fourth-order valence-electron chi connectivity index (χ4n) is 3.95. The average molecular weight is 376 g/mol. The monoisotopic (exact) mass is 376 g/mol. The summed E-state index contributed by atoms with van der Waals surface area (Å²) < 4.78 is 8.35. The molecule has 3 heteroatoms. The predicted molar refractivity (Wildman–Crippen MR) is 122 cm³/mol. The molecule has 0 saturated carbocycles. The van der Waals surface area contributed by atoms with Gasteiger partial charge in [-0.1, -0.05) is 72.8 Å². The zero-order chi connectivity index (χ0) is 19.8. The van der Waals surface area contributed by atoms with Crippen LogP contribution in [0.3, 0.4) is 0 Å². The van der Waals surface area contributed by atoms with Crippen LogP contribution in [0.15, 0.2) is 94.3 Å². The van der Waals surface area contributed by atoms with E-state index in [1.165, 1.54) is 5.56 Å². The molecular weight excluding hydrogens is 356 g/mol. The largest absolute Gasteiger partial charge is 0.439 e. The first-order chi connectivity index (χ1) is 14.3. The van der Waals surface area contributed by atoms with Crippen LogP contribution in [0.25, 0.3) is 45.0 Å². The fourth-order valence-corrected chi connectivity index (χ4v) is 3.95. The van der Waals surface area contributed by atoms with E-state index in [2.05, 4.69) is 77.0 Å². The summed E-state index contributed by atoms with van der Waals surface area (Å²) in [5.74, 6) is 0.785. The highest BCUT2D eigenvalue weighted by molar-refractivity contribution is 6.11. The normalized spacial score (nSPS) is 11.6. The minimum atomic E-state index is 0.784. The summed E-state index contributed by atoms with van der Waals surface area (Å²) in [4.78, 5) is 4.39. The summed E-state index contributed by atoms with van der Waals surface area (Å²) in [6.45, 7) is 5.86. The third-order valence-electron chi connectivity index (χ3n) is 5.20. The highest BCUT2D eigenvalue weighted by atomic mass is 16.3. The van der Waals surface area contributed by atoms with E-state index in [9.17, 15) is 0 Å². The first-order valence-electron chi connectivity index (χ1n) is 9.63. The van der Waals surface area contributed by atoms with E-state index in [0.29, 0.717) is 0 Å². The summed E-state index contributed by atoms with van der Waals surface area (Å²) in [5, 5.41) is 2.14. The maximum absolute atomic E-state index is 6.29. The summed E-state index contributed by atoms with van der Waals surface area (Å²) in [6.07, 6.45) is 4.10. The molecule has 5 rings (SSSR count). The van der Waals surface area contributed by atoms with Gasteiger partial charge in [-0.25, -0.2) is 4.99 Å². The van der Waals surface area contributed by atoms with E-state index in [0.717, 1.165) is 44.7 Å². The maximum Gasteiger partial charge on any atom is 0.215 e.